The van der Waals surface area contributed by atoms with E-state index in [1.165, 1.54) is 4.80 Å². The quantitative estimate of drug-likeness (QED) is 0.418. The van der Waals surface area contributed by atoms with Gasteiger partial charge in [-0.1, -0.05) is 39.0 Å². The minimum absolute atomic E-state index is 0.00160. The SMILES string of the molecule is CC(C)(C)c1cc(CCC(=O)NCCCOCCO)cc(-n2nc3ccccc3n2)c1O. The van der Waals surface area contributed by atoms with E-state index in [0.717, 1.165) is 22.2 Å². The summed E-state index contributed by atoms with van der Waals surface area (Å²) in [5, 5.41) is 31.6. The summed E-state index contributed by atoms with van der Waals surface area (Å²) in [6.45, 7) is 7.45. The number of phenols is 1. The van der Waals surface area contributed by atoms with Crippen molar-refractivity contribution in [3.8, 4) is 11.4 Å². The number of aliphatic hydroxyl groups excluding tert-OH is 1. The first-order chi connectivity index (χ1) is 15.3. The summed E-state index contributed by atoms with van der Waals surface area (Å²) < 4.78 is 5.19. The number of aliphatic hydroxyl groups is 1. The molecular formula is C24H32N4O4. The molecule has 0 bridgehead atoms. The van der Waals surface area contributed by atoms with Gasteiger partial charge in [-0.25, -0.2) is 0 Å². The molecule has 0 aliphatic carbocycles. The number of hydrogen-bond donors (Lipinski definition) is 3. The van der Waals surface area contributed by atoms with Crippen molar-refractivity contribution >= 4 is 16.9 Å². The van der Waals surface area contributed by atoms with Crippen LogP contribution < -0.4 is 5.32 Å². The number of aryl methyl sites for hydroxylation is 1. The molecule has 0 radical (unpaired) electrons. The predicted molar refractivity (Wildman–Crippen MR) is 123 cm³/mol. The zero-order chi connectivity index (χ0) is 23.1. The second kappa shape index (κ2) is 10.6. The Labute approximate surface area is 188 Å². The molecule has 0 spiro atoms. The van der Waals surface area contributed by atoms with Crippen molar-refractivity contribution in [1.82, 2.24) is 20.3 Å². The summed E-state index contributed by atoms with van der Waals surface area (Å²) in [6.07, 6.45) is 1.56. The molecule has 1 amide bonds. The highest BCUT2D eigenvalue weighted by atomic mass is 16.5. The van der Waals surface area contributed by atoms with E-state index in [2.05, 4.69) is 15.5 Å². The van der Waals surface area contributed by atoms with Crippen LogP contribution in [0.15, 0.2) is 36.4 Å². The molecule has 0 unspecified atom stereocenters. The van der Waals surface area contributed by atoms with E-state index in [4.69, 9.17) is 9.84 Å². The number of ether oxygens (including phenoxy) is 1. The lowest BCUT2D eigenvalue weighted by Gasteiger charge is -2.23. The van der Waals surface area contributed by atoms with Gasteiger partial charge in [-0.3, -0.25) is 4.79 Å². The molecule has 0 aliphatic heterocycles. The second-order valence-electron chi connectivity index (χ2n) is 8.78. The Morgan fingerprint density at radius 1 is 1.12 bits per heavy atom. The van der Waals surface area contributed by atoms with Gasteiger partial charge >= 0.3 is 0 Å². The fourth-order valence-electron chi connectivity index (χ4n) is 3.43. The molecule has 2 aromatic carbocycles. The number of carbonyl (C=O) groups is 1. The fourth-order valence-corrected chi connectivity index (χ4v) is 3.43. The van der Waals surface area contributed by atoms with Gasteiger partial charge in [-0.05, 0) is 42.0 Å². The van der Waals surface area contributed by atoms with Crippen molar-refractivity contribution in [3.63, 3.8) is 0 Å². The molecule has 0 saturated carbocycles. The van der Waals surface area contributed by atoms with Crippen LogP contribution in [-0.2, 0) is 21.4 Å². The number of phenolic OH excluding ortho intramolecular Hbond substituents is 1. The number of hydrogen-bond acceptors (Lipinski definition) is 6. The first-order valence-corrected chi connectivity index (χ1v) is 10.9. The highest BCUT2D eigenvalue weighted by Crippen LogP contribution is 2.36. The van der Waals surface area contributed by atoms with Gasteiger partial charge in [0.15, 0.2) is 0 Å². The second-order valence-corrected chi connectivity index (χ2v) is 8.78. The minimum Gasteiger partial charge on any atom is -0.505 e. The van der Waals surface area contributed by atoms with Crippen molar-refractivity contribution in [2.75, 3.05) is 26.4 Å². The molecule has 0 aliphatic rings. The van der Waals surface area contributed by atoms with Gasteiger partial charge in [-0.15, -0.1) is 15.0 Å². The Hall–Kier alpha value is -2.97. The Balaban J connectivity index is 1.75. The monoisotopic (exact) mass is 440 g/mol. The van der Waals surface area contributed by atoms with Gasteiger partial charge in [0.2, 0.25) is 5.91 Å². The summed E-state index contributed by atoms with van der Waals surface area (Å²) >= 11 is 0. The van der Waals surface area contributed by atoms with Crippen LogP contribution in [0.5, 0.6) is 5.75 Å². The Bertz CT molecular complexity index is 1020. The molecule has 8 nitrogen and oxygen atoms in total. The summed E-state index contributed by atoms with van der Waals surface area (Å²) in [4.78, 5) is 13.7. The van der Waals surface area contributed by atoms with Crippen LogP contribution in [0, 0.1) is 0 Å². The van der Waals surface area contributed by atoms with Crippen LogP contribution in [0.1, 0.15) is 44.7 Å². The molecule has 3 aromatic rings. The van der Waals surface area contributed by atoms with Crippen LogP contribution >= 0.6 is 0 Å². The van der Waals surface area contributed by atoms with Gasteiger partial charge in [-0.2, -0.15) is 0 Å². The van der Waals surface area contributed by atoms with Gasteiger partial charge in [0.25, 0.3) is 0 Å². The summed E-state index contributed by atoms with van der Waals surface area (Å²) in [7, 11) is 0. The summed E-state index contributed by atoms with van der Waals surface area (Å²) in [5.41, 5.74) is 3.43. The van der Waals surface area contributed by atoms with Crippen molar-refractivity contribution in [2.45, 2.75) is 45.4 Å². The number of rotatable bonds is 10. The van der Waals surface area contributed by atoms with Crippen LogP contribution in [0.2, 0.25) is 0 Å². The smallest absolute Gasteiger partial charge is 0.220 e. The number of carbonyl (C=O) groups excluding carboxylic acids is 1. The topological polar surface area (TPSA) is 110 Å². The zero-order valence-corrected chi connectivity index (χ0v) is 19.0. The number of fused-ring (bicyclic) bond motifs is 1. The number of amides is 1. The van der Waals surface area contributed by atoms with Gasteiger partial charge < -0.3 is 20.3 Å². The Morgan fingerprint density at radius 3 is 2.44 bits per heavy atom. The average molecular weight is 441 g/mol. The normalized spacial score (nSPS) is 11.8. The van der Waals surface area contributed by atoms with Crippen molar-refractivity contribution in [1.29, 1.82) is 0 Å². The van der Waals surface area contributed by atoms with Gasteiger partial charge in [0.05, 0.1) is 13.2 Å². The minimum atomic E-state index is -0.293. The molecule has 0 saturated heterocycles. The highest BCUT2D eigenvalue weighted by molar-refractivity contribution is 5.76. The summed E-state index contributed by atoms with van der Waals surface area (Å²) in [5.74, 6) is 0.107. The maximum Gasteiger partial charge on any atom is 0.220 e. The number of nitrogens with one attached hydrogen (secondary N) is 1. The largest absolute Gasteiger partial charge is 0.505 e. The fraction of sp³-hybridized carbons (Fsp3) is 0.458. The van der Waals surface area contributed by atoms with E-state index in [9.17, 15) is 9.90 Å². The molecule has 3 rings (SSSR count). The molecule has 3 N–H and O–H groups in total. The van der Waals surface area contributed by atoms with E-state index in [-0.39, 0.29) is 23.7 Å². The first-order valence-electron chi connectivity index (χ1n) is 10.9. The third kappa shape index (κ3) is 6.05. The molecule has 1 heterocycles. The Kier molecular flexibility index (Phi) is 7.82. The molecule has 0 atom stereocenters. The van der Waals surface area contributed by atoms with E-state index in [0.29, 0.717) is 44.7 Å². The lowest BCUT2D eigenvalue weighted by molar-refractivity contribution is -0.121. The maximum atomic E-state index is 12.3. The van der Waals surface area contributed by atoms with E-state index in [1.54, 1.807) is 0 Å². The Morgan fingerprint density at radius 2 is 1.81 bits per heavy atom. The van der Waals surface area contributed by atoms with Crippen molar-refractivity contribution in [2.24, 2.45) is 0 Å². The van der Waals surface area contributed by atoms with Crippen LogP contribution in [0.25, 0.3) is 16.7 Å². The van der Waals surface area contributed by atoms with Gasteiger partial charge in [0, 0.05) is 25.1 Å². The molecule has 8 heteroatoms. The zero-order valence-electron chi connectivity index (χ0n) is 19.0. The summed E-state index contributed by atoms with van der Waals surface area (Å²) in [6, 6.07) is 11.4. The third-order valence-corrected chi connectivity index (χ3v) is 5.12. The standard InChI is InChI=1S/C24H32N4O4/c1-24(2,3)18-15-17(9-10-22(30)25-11-6-13-32-14-12-29)16-21(23(18)31)28-26-19-7-4-5-8-20(19)27-28/h4-5,7-8,15-16,29,31H,6,9-14H2,1-3H3,(H,25,30). The number of benzene rings is 2. The number of nitrogens with zero attached hydrogens (tertiary/aromatic N) is 3. The maximum absolute atomic E-state index is 12.3. The molecule has 172 valence electrons. The predicted octanol–water partition coefficient (Wildman–Crippen LogP) is 2.87. The van der Waals surface area contributed by atoms with Crippen LogP contribution in [0.3, 0.4) is 0 Å². The lowest BCUT2D eigenvalue weighted by atomic mass is 9.84. The molecule has 0 fully saturated rings. The first kappa shape index (κ1) is 23.7. The highest BCUT2D eigenvalue weighted by Gasteiger charge is 2.23. The van der Waals surface area contributed by atoms with E-state index < -0.39 is 0 Å². The molecular weight excluding hydrogens is 408 g/mol. The van der Waals surface area contributed by atoms with E-state index in [1.807, 2.05) is 57.2 Å². The van der Waals surface area contributed by atoms with Gasteiger partial charge in [0.1, 0.15) is 22.5 Å². The van der Waals surface area contributed by atoms with Crippen LogP contribution in [-0.4, -0.2) is 57.5 Å². The molecule has 32 heavy (non-hydrogen) atoms. The third-order valence-electron chi connectivity index (χ3n) is 5.12. The van der Waals surface area contributed by atoms with E-state index >= 15 is 0 Å². The van der Waals surface area contributed by atoms with Crippen molar-refractivity contribution in [3.05, 3.63) is 47.5 Å². The average Bonchev–Trinajstić information content (AvgIpc) is 3.18. The lowest BCUT2D eigenvalue weighted by Crippen LogP contribution is -2.25. The van der Waals surface area contributed by atoms with Crippen LogP contribution in [0.4, 0.5) is 0 Å². The molecule has 1 aromatic heterocycles. The van der Waals surface area contributed by atoms with Crippen molar-refractivity contribution < 1.29 is 19.7 Å². The number of aromatic hydroxyl groups is 1. The number of aromatic nitrogens is 3.